The smallest absolute Gasteiger partial charge is 0.351 e. The minimum absolute atomic E-state index is 0. The number of halogens is 5. The lowest BCUT2D eigenvalue weighted by Gasteiger charge is -2.13. The van der Waals surface area contributed by atoms with E-state index in [0.717, 1.165) is 18.3 Å². The van der Waals surface area contributed by atoms with Gasteiger partial charge in [-0.15, -0.1) is 12.4 Å². The molecule has 2 N–H and O–H groups in total. The van der Waals surface area contributed by atoms with E-state index >= 15 is 0 Å². The second-order valence-corrected chi connectivity index (χ2v) is 4.63. The number of nitrogens with zero attached hydrogens (tertiary/aromatic N) is 2. The van der Waals surface area contributed by atoms with Gasteiger partial charge in [-0.25, -0.2) is 9.07 Å². The molecule has 1 heterocycles. The van der Waals surface area contributed by atoms with Gasteiger partial charge in [0, 0.05) is 13.1 Å². The van der Waals surface area contributed by atoms with Crippen LogP contribution in [0.25, 0.3) is 5.69 Å². The molecule has 0 aliphatic carbocycles. The molecule has 1 aromatic carbocycles. The number of rotatable bonds is 5. The largest absolute Gasteiger partial charge is 0.434 e. The summed E-state index contributed by atoms with van der Waals surface area (Å²) in [6, 6.07) is 4.90. The highest BCUT2D eigenvalue weighted by molar-refractivity contribution is 5.95. The Morgan fingerprint density at radius 3 is 2.50 bits per heavy atom. The average Bonchev–Trinajstić information content (AvgIpc) is 2.93. The molecule has 0 saturated heterocycles. The number of hydrogen-bond donors (Lipinski definition) is 2. The summed E-state index contributed by atoms with van der Waals surface area (Å²) in [5, 5.41) is 8.64. The van der Waals surface area contributed by atoms with E-state index in [4.69, 9.17) is 0 Å². The summed E-state index contributed by atoms with van der Waals surface area (Å²) in [6.07, 6.45) is -4.08. The lowest BCUT2D eigenvalue weighted by atomic mass is 10.2. The van der Waals surface area contributed by atoms with Gasteiger partial charge in [-0.2, -0.15) is 18.3 Å². The van der Waals surface area contributed by atoms with Crippen LogP contribution in [-0.4, -0.2) is 35.8 Å². The second kappa shape index (κ2) is 8.11. The molecule has 0 saturated carbocycles. The molecule has 5 nitrogen and oxygen atoms in total. The molecular weight excluding hydrogens is 352 g/mol. The molecule has 132 valence electrons. The number of hydrogen-bond acceptors (Lipinski definition) is 3. The van der Waals surface area contributed by atoms with Crippen LogP contribution in [0, 0.1) is 5.82 Å². The average molecular weight is 367 g/mol. The predicted molar refractivity (Wildman–Crippen MR) is 82.0 cm³/mol. The Balaban J connectivity index is 0.00000288. The van der Waals surface area contributed by atoms with Crippen molar-refractivity contribution in [3.8, 4) is 5.69 Å². The number of alkyl halides is 3. The monoisotopic (exact) mass is 366 g/mol. The van der Waals surface area contributed by atoms with Crippen molar-refractivity contribution in [3.63, 3.8) is 0 Å². The number of para-hydroxylation sites is 1. The summed E-state index contributed by atoms with van der Waals surface area (Å²) in [6.45, 7) is 0.548. The quantitative estimate of drug-likeness (QED) is 0.631. The maximum atomic E-state index is 13.8. The van der Waals surface area contributed by atoms with Crippen LogP contribution in [0.3, 0.4) is 0 Å². The SMILES string of the molecule is CNCCNC(=O)c1cnn(-c2ccccc2F)c1C(F)(F)F.Cl. The Morgan fingerprint density at radius 2 is 1.92 bits per heavy atom. The van der Waals surface area contributed by atoms with E-state index in [1.54, 1.807) is 7.05 Å². The second-order valence-electron chi connectivity index (χ2n) is 4.63. The summed E-state index contributed by atoms with van der Waals surface area (Å²) < 4.78 is 54.2. The van der Waals surface area contributed by atoms with Gasteiger partial charge in [0.25, 0.3) is 5.91 Å². The molecule has 0 fully saturated rings. The maximum Gasteiger partial charge on any atom is 0.434 e. The Labute approximate surface area is 141 Å². The third kappa shape index (κ3) is 4.24. The maximum absolute atomic E-state index is 13.8. The van der Waals surface area contributed by atoms with E-state index < -0.39 is 29.2 Å². The fraction of sp³-hybridized carbons (Fsp3) is 0.286. The molecule has 1 amide bonds. The Morgan fingerprint density at radius 1 is 1.25 bits per heavy atom. The summed E-state index contributed by atoms with van der Waals surface area (Å²) >= 11 is 0. The van der Waals surface area contributed by atoms with Crippen LogP contribution >= 0.6 is 12.4 Å². The third-order valence-corrected chi connectivity index (χ3v) is 3.02. The van der Waals surface area contributed by atoms with Gasteiger partial charge in [0.2, 0.25) is 0 Å². The molecule has 2 aromatic rings. The van der Waals surface area contributed by atoms with Gasteiger partial charge >= 0.3 is 6.18 Å². The standard InChI is InChI=1S/C14H14F4N4O.ClH/c1-19-6-7-20-13(23)9-8-21-22(12(9)14(16,17)18)11-5-3-2-4-10(11)15;/h2-5,8,19H,6-7H2,1H3,(H,20,23);1H. The lowest BCUT2D eigenvalue weighted by molar-refractivity contribution is -0.143. The number of aromatic nitrogens is 2. The number of nitrogens with one attached hydrogen (secondary N) is 2. The van der Waals surface area contributed by atoms with Crippen molar-refractivity contribution in [2.75, 3.05) is 20.1 Å². The zero-order valence-corrected chi connectivity index (χ0v) is 13.3. The first-order valence-electron chi connectivity index (χ1n) is 6.69. The molecule has 10 heteroatoms. The number of amides is 1. The zero-order chi connectivity index (χ0) is 17.0. The molecule has 24 heavy (non-hydrogen) atoms. The van der Waals surface area contributed by atoms with Crippen LogP contribution < -0.4 is 10.6 Å². The van der Waals surface area contributed by atoms with Gasteiger partial charge in [-0.3, -0.25) is 4.79 Å². The number of carbonyl (C=O) groups is 1. The van der Waals surface area contributed by atoms with Crippen LogP contribution in [0.15, 0.2) is 30.5 Å². The van der Waals surface area contributed by atoms with Gasteiger partial charge in [-0.05, 0) is 19.2 Å². The highest BCUT2D eigenvalue weighted by Gasteiger charge is 2.40. The third-order valence-electron chi connectivity index (χ3n) is 3.02. The van der Waals surface area contributed by atoms with Crippen LogP contribution in [0.2, 0.25) is 0 Å². The number of likely N-dealkylation sites (N-methyl/N-ethyl adjacent to an activating group) is 1. The summed E-state index contributed by atoms with van der Waals surface area (Å²) in [7, 11) is 1.64. The molecule has 0 aliphatic rings. The summed E-state index contributed by atoms with van der Waals surface area (Å²) in [5.41, 5.74) is -2.35. The molecule has 1 aromatic heterocycles. The molecule has 0 atom stereocenters. The van der Waals surface area contributed by atoms with Gasteiger partial charge in [0.1, 0.15) is 11.5 Å². The predicted octanol–water partition coefficient (Wildman–Crippen LogP) is 2.40. The van der Waals surface area contributed by atoms with Crippen LogP contribution in [0.5, 0.6) is 0 Å². The van der Waals surface area contributed by atoms with E-state index in [9.17, 15) is 22.4 Å². The molecule has 0 bridgehead atoms. The van der Waals surface area contributed by atoms with Crippen molar-refractivity contribution in [2.45, 2.75) is 6.18 Å². The van der Waals surface area contributed by atoms with E-state index in [2.05, 4.69) is 15.7 Å². The molecule has 0 spiro atoms. The van der Waals surface area contributed by atoms with Gasteiger partial charge in [-0.1, -0.05) is 12.1 Å². The highest BCUT2D eigenvalue weighted by Crippen LogP contribution is 2.34. The van der Waals surface area contributed by atoms with Crippen molar-refractivity contribution >= 4 is 18.3 Å². The fourth-order valence-corrected chi connectivity index (χ4v) is 1.99. The first kappa shape index (κ1) is 19.9. The van der Waals surface area contributed by atoms with E-state index in [1.807, 2.05) is 0 Å². The lowest BCUT2D eigenvalue weighted by Crippen LogP contribution is -2.31. The normalized spacial score (nSPS) is 11.0. The van der Waals surface area contributed by atoms with Gasteiger partial charge in [0.15, 0.2) is 5.69 Å². The minimum Gasteiger partial charge on any atom is -0.351 e. The molecular formula is C14H15ClF4N4O. The Hall–Kier alpha value is -2.13. The van der Waals surface area contributed by atoms with Crippen LogP contribution in [-0.2, 0) is 6.18 Å². The van der Waals surface area contributed by atoms with Crippen molar-refractivity contribution in [1.29, 1.82) is 0 Å². The van der Waals surface area contributed by atoms with Crippen molar-refractivity contribution in [1.82, 2.24) is 20.4 Å². The van der Waals surface area contributed by atoms with Crippen molar-refractivity contribution in [3.05, 3.63) is 47.5 Å². The van der Waals surface area contributed by atoms with E-state index in [-0.39, 0.29) is 24.6 Å². The van der Waals surface area contributed by atoms with E-state index in [0.29, 0.717) is 11.2 Å². The summed E-state index contributed by atoms with van der Waals surface area (Å²) in [5.74, 6) is -1.79. The van der Waals surface area contributed by atoms with Crippen LogP contribution in [0.1, 0.15) is 16.1 Å². The fourth-order valence-electron chi connectivity index (χ4n) is 1.99. The Bertz CT molecular complexity index is 702. The number of benzene rings is 1. The van der Waals surface area contributed by atoms with Crippen molar-refractivity contribution < 1.29 is 22.4 Å². The zero-order valence-electron chi connectivity index (χ0n) is 12.5. The topological polar surface area (TPSA) is 58.9 Å². The van der Waals surface area contributed by atoms with Crippen molar-refractivity contribution in [2.24, 2.45) is 0 Å². The molecule has 0 aliphatic heterocycles. The van der Waals surface area contributed by atoms with E-state index in [1.165, 1.54) is 12.1 Å². The first-order chi connectivity index (χ1) is 10.9. The minimum atomic E-state index is -4.87. The summed E-state index contributed by atoms with van der Waals surface area (Å²) in [4.78, 5) is 11.9. The Kier molecular flexibility index (Phi) is 6.73. The first-order valence-corrected chi connectivity index (χ1v) is 6.69. The van der Waals surface area contributed by atoms with Crippen LogP contribution in [0.4, 0.5) is 17.6 Å². The highest BCUT2D eigenvalue weighted by atomic mass is 35.5. The number of carbonyl (C=O) groups excluding carboxylic acids is 1. The molecule has 0 radical (unpaired) electrons. The van der Waals surface area contributed by atoms with Gasteiger partial charge < -0.3 is 10.6 Å². The molecule has 2 rings (SSSR count). The molecule has 0 unspecified atom stereocenters. The van der Waals surface area contributed by atoms with Gasteiger partial charge in [0.05, 0.1) is 11.8 Å².